The number of hydrogen-bond donors (Lipinski definition) is 0. The van der Waals surface area contributed by atoms with Crippen LogP contribution >= 0.6 is 0 Å². The number of halogens is 23. The van der Waals surface area contributed by atoms with Gasteiger partial charge in [-0.2, -0.15) is 101 Å². The van der Waals surface area contributed by atoms with Crippen molar-refractivity contribution in [3.8, 4) is 0 Å². The lowest BCUT2D eigenvalue weighted by molar-refractivity contribution is -0.478. The summed E-state index contributed by atoms with van der Waals surface area (Å²) in [7, 11) is 0. The molecule has 0 radical (unpaired) electrons. The topological polar surface area (TPSA) is 0 Å². The maximum Gasteiger partial charge on any atom is 0.460 e. The maximum absolute atomic E-state index is 13.5. The highest BCUT2D eigenvalue weighted by Crippen LogP contribution is 2.67. The van der Waals surface area contributed by atoms with Crippen molar-refractivity contribution in [1.29, 1.82) is 0 Å². The first-order valence-corrected chi connectivity index (χ1v) is 8.02. The molecule has 0 nitrogen and oxygen atoms in total. The van der Waals surface area contributed by atoms with Crippen LogP contribution in [0.15, 0.2) is 12.7 Å². The largest absolute Gasteiger partial charge is 0.460 e. The van der Waals surface area contributed by atoms with Gasteiger partial charge in [0.1, 0.15) is 0 Å². The first-order valence-electron chi connectivity index (χ1n) is 8.02. The lowest BCUT2D eigenvalue weighted by atomic mass is 9.85. The predicted molar refractivity (Wildman–Crippen MR) is 70.3 cm³/mol. The Morgan fingerprint density at radius 2 is 0.514 bits per heavy atom. The molecule has 0 N–H and O–H groups in total. The minimum atomic E-state index is -9.37. The van der Waals surface area contributed by atoms with Gasteiger partial charge >= 0.3 is 65.4 Å². The van der Waals surface area contributed by atoms with Gasteiger partial charge in [-0.05, 0) is 0 Å². The van der Waals surface area contributed by atoms with Crippen LogP contribution in [0, 0.1) is 0 Å². The van der Waals surface area contributed by atoms with E-state index in [1.165, 1.54) is 0 Å². The van der Waals surface area contributed by atoms with E-state index in [1.54, 1.807) is 0 Å². The third-order valence-electron chi connectivity index (χ3n) is 4.37. The van der Waals surface area contributed by atoms with E-state index in [2.05, 4.69) is 6.58 Å². The van der Waals surface area contributed by atoms with E-state index in [1.807, 2.05) is 0 Å². The Morgan fingerprint density at radius 3 is 0.703 bits per heavy atom. The summed E-state index contributed by atoms with van der Waals surface area (Å²) in [5.74, 6) is -87.1. The summed E-state index contributed by atoms with van der Waals surface area (Å²) >= 11 is 0. The fourth-order valence-corrected chi connectivity index (χ4v) is 2.10. The lowest BCUT2D eigenvalue weighted by Gasteiger charge is -2.45. The van der Waals surface area contributed by atoms with Gasteiger partial charge in [0.15, 0.2) is 0 Å². The number of alkyl halides is 23. The second-order valence-electron chi connectivity index (χ2n) is 6.86. The molecule has 0 aliphatic heterocycles. The third kappa shape index (κ3) is 4.15. The Labute approximate surface area is 187 Å². The van der Waals surface area contributed by atoms with Crippen molar-refractivity contribution in [1.82, 2.24) is 0 Å². The third-order valence-corrected chi connectivity index (χ3v) is 4.37. The van der Waals surface area contributed by atoms with Crippen LogP contribution in [-0.4, -0.2) is 65.4 Å². The highest BCUT2D eigenvalue weighted by atomic mass is 19.4. The van der Waals surface area contributed by atoms with E-state index in [0.717, 1.165) is 0 Å². The molecule has 0 aliphatic rings. The molecule has 0 saturated carbocycles. The van der Waals surface area contributed by atoms with Crippen LogP contribution < -0.4 is 0 Å². The summed E-state index contributed by atoms with van der Waals surface area (Å²) in [6.45, 7) is 2.20. The van der Waals surface area contributed by atoms with Crippen molar-refractivity contribution in [2.45, 2.75) is 71.8 Å². The van der Waals surface area contributed by atoms with E-state index < -0.39 is 77.9 Å². The first-order chi connectivity index (χ1) is 15.6. The van der Waals surface area contributed by atoms with E-state index in [-0.39, 0.29) is 0 Å². The van der Waals surface area contributed by atoms with Crippen molar-refractivity contribution < 1.29 is 101 Å². The molecule has 0 unspecified atom stereocenters. The zero-order valence-corrected chi connectivity index (χ0v) is 16.2. The summed E-state index contributed by atoms with van der Waals surface area (Å²) in [4.78, 5) is 0. The van der Waals surface area contributed by atoms with Crippen LogP contribution in [0.2, 0.25) is 0 Å². The number of allylic oxidation sites excluding steroid dienone is 1. The zero-order valence-electron chi connectivity index (χ0n) is 16.2. The number of hydrogen-bond acceptors (Lipinski definition) is 0. The van der Waals surface area contributed by atoms with Gasteiger partial charge in [-0.15, -0.1) is 6.58 Å². The maximum atomic E-state index is 13.5. The Hall–Kier alpha value is -1.87. The van der Waals surface area contributed by atoms with Crippen molar-refractivity contribution in [3.63, 3.8) is 0 Å². The molecule has 23 heteroatoms. The predicted octanol–water partition coefficient (Wildman–Crippen LogP) is 8.48. The quantitative estimate of drug-likeness (QED) is 0.163. The van der Waals surface area contributed by atoms with E-state index >= 15 is 0 Å². The van der Waals surface area contributed by atoms with Gasteiger partial charge in [-0.3, -0.25) is 0 Å². The molecule has 0 aromatic heterocycles. The molecule has 222 valence electrons. The molecule has 0 atom stereocenters. The Morgan fingerprint density at radius 1 is 0.324 bits per heavy atom. The molecule has 0 bridgehead atoms. The summed E-state index contributed by atoms with van der Waals surface area (Å²) in [5.41, 5.74) is 0. The Kier molecular flexibility index (Phi) is 8.13. The van der Waals surface area contributed by atoms with Crippen molar-refractivity contribution in [3.05, 3.63) is 12.7 Å². The van der Waals surface area contributed by atoms with Crippen LogP contribution in [0.25, 0.3) is 0 Å². The van der Waals surface area contributed by atoms with Crippen LogP contribution in [0.1, 0.15) is 6.42 Å². The lowest BCUT2D eigenvalue weighted by Crippen LogP contribution is -2.77. The molecule has 0 aromatic carbocycles. The number of rotatable bonds is 11. The fourth-order valence-electron chi connectivity index (χ4n) is 2.10. The highest BCUT2D eigenvalue weighted by molar-refractivity contribution is 5.19. The van der Waals surface area contributed by atoms with Crippen molar-refractivity contribution >= 4 is 0 Å². The molecule has 0 aliphatic carbocycles. The SMILES string of the molecule is C=CCC(F)(F)C(F)(F)C(F)(F)C(F)(F)C(F)(F)C(F)(F)C(F)(F)C(F)(F)C(F)(F)C(F)(F)C(F)(F)F. The summed E-state index contributed by atoms with van der Waals surface area (Å²) < 4.78 is 301. The van der Waals surface area contributed by atoms with Crippen LogP contribution in [0.3, 0.4) is 0 Å². The van der Waals surface area contributed by atoms with E-state index in [4.69, 9.17) is 0 Å². The summed E-state index contributed by atoms with van der Waals surface area (Å²) in [5, 5.41) is 0. The van der Waals surface area contributed by atoms with Gasteiger partial charge < -0.3 is 0 Å². The molecular weight excluding hydrogens is 605 g/mol. The minimum Gasteiger partial charge on any atom is -0.199 e. The Bertz CT molecular complexity index is 842. The molecule has 0 amide bonds. The van der Waals surface area contributed by atoms with Gasteiger partial charge in [-0.25, -0.2) is 0 Å². The van der Waals surface area contributed by atoms with E-state index in [0.29, 0.717) is 0 Å². The van der Waals surface area contributed by atoms with Gasteiger partial charge in [-0.1, -0.05) is 6.08 Å². The Balaban J connectivity index is 7.19. The van der Waals surface area contributed by atoms with Crippen LogP contribution in [0.5, 0.6) is 0 Å². The average molecular weight is 610 g/mol. The summed E-state index contributed by atoms with van der Waals surface area (Å²) in [6, 6.07) is 0. The smallest absolute Gasteiger partial charge is 0.199 e. The molecule has 0 aromatic rings. The molecule has 0 fully saturated rings. The molecule has 0 heterocycles. The van der Waals surface area contributed by atoms with Gasteiger partial charge in [0.25, 0.3) is 0 Å². The average Bonchev–Trinajstić information content (AvgIpc) is 2.65. The molecular formula is C14H5F23. The normalized spacial score (nSPS) is 16.7. The van der Waals surface area contributed by atoms with Crippen molar-refractivity contribution in [2.24, 2.45) is 0 Å². The first kappa shape index (κ1) is 35.1. The second kappa shape index (κ2) is 8.57. The molecule has 0 saturated heterocycles. The van der Waals surface area contributed by atoms with Gasteiger partial charge in [0.05, 0.1) is 0 Å². The second-order valence-corrected chi connectivity index (χ2v) is 6.86. The van der Waals surface area contributed by atoms with E-state index in [9.17, 15) is 101 Å². The van der Waals surface area contributed by atoms with Crippen LogP contribution in [0.4, 0.5) is 101 Å². The summed E-state index contributed by atoms with van der Waals surface area (Å²) in [6.07, 6.45) is -11.4. The fraction of sp³-hybridized carbons (Fsp3) is 0.857. The van der Waals surface area contributed by atoms with Gasteiger partial charge in [0.2, 0.25) is 0 Å². The minimum absolute atomic E-state index is 0.494. The molecule has 37 heavy (non-hydrogen) atoms. The van der Waals surface area contributed by atoms with Gasteiger partial charge in [0, 0.05) is 6.42 Å². The highest BCUT2D eigenvalue weighted by Gasteiger charge is 2.98. The molecule has 0 rings (SSSR count). The standard InChI is InChI=1S/C14H5F23/c1-2-3-4(15,16)5(17,18)6(19,20)7(21,22)8(23,24)9(25,26)10(27,28)11(29,30)12(31,32)13(33,34)14(35,36)37/h2H,1,3H2. The zero-order chi connectivity index (χ0) is 30.9. The van der Waals surface area contributed by atoms with Crippen molar-refractivity contribution in [2.75, 3.05) is 0 Å². The van der Waals surface area contributed by atoms with Crippen LogP contribution in [-0.2, 0) is 0 Å². The molecule has 0 spiro atoms. The monoisotopic (exact) mass is 610 g/mol.